The lowest BCUT2D eigenvalue weighted by Gasteiger charge is -2.35. The van der Waals surface area contributed by atoms with Gasteiger partial charge in [-0.1, -0.05) is 137 Å². The Balaban J connectivity index is 0.751. The highest BCUT2D eigenvalue weighted by atomic mass is 32.2. The van der Waals surface area contributed by atoms with Crippen LogP contribution in [0.1, 0.15) is 176 Å². The lowest BCUT2D eigenvalue weighted by atomic mass is 9.95. The Morgan fingerprint density at radius 2 is 0.841 bits per heavy atom. The van der Waals surface area contributed by atoms with Gasteiger partial charge in [-0.15, -0.1) is 0 Å². The molecular formula is C68H82F6N8O4S2. The van der Waals surface area contributed by atoms with Crippen LogP contribution >= 0.6 is 23.5 Å². The fraction of sp³-hybridized carbons (Fsp3) is 0.500. The van der Waals surface area contributed by atoms with E-state index in [1.54, 1.807) is 98.2 Å². The number of hydrogen-bond acceptors (Lipinski definition) is 14. The molecule has 0 amide bonds. The molecule has 7 rings (SSSR count). The van der Waals surface area contributed by atoms with Gasteiger partial charge in [0.25, 0.3) is 0 Å². The summed E-state index contributed by atoms with van der Waals surface area (Å²) < 4.78 is 94.5. The number of amidine groups is 2. The molecule has 1 fully saturated rings. The van der Waals surface area contributed by atoms with Crippen LogP contribution in [0.25, 0.3) is 0 Å². The predicted molar refractivity (Wildman–Crippen MR) is 341 cm³/mol. The maximum absolute atomic E-state index is 13.9. The first kappa shape index (κ1) is 68.9. The van der Waals surface area contributed by atoms with Gasteiger partial charge in [0, 0.05) is 60.5 Å². The molecule has 4 aromatic carbocycles. The number of nitrogens with zero attached hydrogens (tertiary/aromatic N) is 8. The van der Waals surface area contributed by atoms with E-state index < -0.39 is 47.5 Å². The molecule has 20 heteroatoms. The van der Waals surface area contributed by atoms with Gasteiger partial charge in [0.15, 0.2) is 10.3 Å². The number of benzene rings is 4. The molecule has 1 saturated heterocycles. The Labute approximate surface area is 524 Å². The molecule has 2 unspecified atom stereocenters. The van der Waals surface area contributed by atoms with Gasteiger partial charge in [0.1, 0.15) is 12.1 Å². The number of thioether (sulfide) groups is 2. The Hall–Kier alpha value is -6.58. The maximum atomic E-state index is 13.9. The molecule has 3 heterocycles. The van der Waals surface area contributed by atoms with Crippen molar-refractivity contribution in [3.8, 4) is 12.1 Å². The number of anilines is 2. The maximum Gasteiger partial charge on any atom is 0.416 e. The predicted octanol–water partition coefficient (Wildman–Crippen LogP) is 17.0. The van der Waals surface area contributed by atoms with Crippen molar-refractivity contribution in [2.24, 2.45) is 9.98 Å². The van der Waals surface area contributed by atoms with Crippen molar-refractivity contribution >= 4 is 57.2 Å². The van der Waals surface area contributed by atoms with Gasteiger partial charge in [0.2, 0.25) is 0 Å². The molecule has 0 aliphatic carbocycles. The molecule has 0 bridgehead atoms. The summed E-state index contributed by atoms with van der Waals surface area (Å²) in [5.74, 6) is 0.202. The summed E-state index contributed by atoms with van der Waals surface area (Å²) in [6.07, 6.45) is 8.79. The topological polar surface area (TPSA) is 138 Å². The summed E-state index contributed by atoms with van der Waals surface area (Å²) in [7, 11) is 0. The van der Waals surface area contributed by atoms with Crippen molar-refractivity contribution in [1.29, 1.82) is 10.5 Å². The number of hydrogen-bond donors (Lipinski definition) is 0. The summed E-state index contributed by atoms with van der Waals surface area (Å²) in [6.45, 7) is 13.8. The van der Waals surface area contributed by atoms with E-state index in [0.29, 0.717) is 55.5 Å². The average molecular weight is 1250 g/mol. The minimum atomic E-state index is -4.56. The number of aliphatic imine (C=N–C) groups is 2. The van der Waals surface area contributed by atoms with Crippen molar-refractivity contribution in [1.82, 2.24) is 9.80 Å². The van der Waals surface area contributed by atoms with Crippen molar-refractivity contribution < 1.29 is 45.4 Å². The quantitative estimate of drug-likeness (QED) is 0.0279. The van der Waals surface area contributed by atoms with E-state index in [9.17, 15) is 46.5 Å². The fourth-order valence-electron chi connectivity index (χ4n) is 11.3. The first-order valence-electron chi connectivity index (χ1n) is 31.0. The van der Waals surface area contributed by atoms with Crippen LogP contribution in [-0.4, -0.2) is 96.1 Å². The first-order chi connectivity index (χ1) is 42.4. The standard InChI is InChI=1S/C68H82F6N8O4S2/c1-5-85-63(83)59-49(3)81(57-27-23-25-55(45-57)67(69,70)71)65(77-61(59)53-33-29-51(47-75)30-34-53)87-43-21-17-13-9-7-11-15-19-37-79-39-41-80(42-40-79)38-20-16-12-8-10-14-18-22-44-88-66-78-62(54-35-31-52(48-76)32-36-54)60(64(84)86-6-2)50(4)82(66)58-28-24-26-56(46-58)68(72,73)74/h23-36,45-46,61-62H,5-22,37-44H2,1-4H3. The summed E-state index contributed by atoms with van der Waals surface area (Å²) in [5, 5.41) is 19.8. The first-order valence-corrected chi connectivity index (χ1v) is 33.0. The smallest absolute Gasteiger partial charge is 0.416 e. The average Bonchev–Trinajstić information content (AvgIpc) is 0.877. The molecule has 12 nitrogen and oxygen atoms in total. The van der Waals surface area contributed by atoms with E-state index in [1.165, 1.54) is 87.0 Å². The minimum absolute atomic E-state index is 0.115. The number of nitriles is 2. The van der Waals surface area contributed by atoms with Gasteiger partial charge >= 0.3 is 24.3 Å². The van der Waals surface area contributed by atoms with Crippen LogP contribution in [-0.2, 0) is 31.4 Å². The molecule has 0 N–H and O–H groups in total. The number of carbonyl (C=O) groups is 2. The van der Waals surface area contributed by atoms with Crippen molar-refractivity contribution in [2.45, 2.75) is 155 Å². The number of esters is 2. The molecule has 3 aliphatic rings. The highest BCUT2D eigenvalue weighted by Gasteiger charge is 2.39. The van der Waals surface area contributed by atoms with Crippen LogP contribution in [0.4, 0.5) is 37.7 Å². The Morgan fingerprint density at radius 3 is 1.16 bits per heavy atom. The molecule has 0 aromatic heterocycles. The second-order valence-corrected chi connectivity index (χ2v) is 24.5. The summed E-state index contributed by atoms with van der Waals surface area (Å²) in [6, 6.07) is 26.5. The van der Waals surface area contributed by atoms with Gasteiger partial charge in [0.05, 0.1) is 58.8 Å². The molecule has 0 spiro atoms. The van der Waals surface area contributed by atoms with Crippen molar-refractivity contribution in [2.75, 3.05) is 73.8 Å². The number of halogens is 6. The van der Waals surface area contributed by atoms with E-state index in [0.717, 1.165) is 115 Å². The fourth-order valence-corrected chi connectivity index (χ4v) is 13.5. The molecule has 0 saturated carbocycles. The number of piperazine rings is 1. The molecular weight excluding hydrogens is 1170 g/mol. The number of ether oxygens (including phenoxy) is 2. The third-order valence-corrected chi connectivity index (χ3v) is 18.2. The number of rotatable bonds is 30. The van der Waals surface area contributed by atoms with E-state index >= 15 is 0 Å². The molecule has 3 aliphatic heterocycles. The number of unbranched alkanes of at least 4 members (excludes halogenated alkanes) is 14. The van der Waals surface area contributed by atoms with E-state index in [2.05, 4.69) is 21.9 Å². The van der Waals surface area contributed by atoms with Crippen LogP contribution < -0.4 is 9.80 Å². The third kappa shape index (κ3) is 19.7. The van der Waals surface area contributed by atoms with Gasteiger partial charge in [-0.3, -0.25) is 9.80 Å². The van der Waals surface area contributed by atoms with Crippen LogP contribution in [0.15, 0.2) is 130 Å². The van der Waals surface area contributed by atoms with Gasteiger partial charge < -0.3 is 19.3 Å². The van der Waals surface area contributed by atoms with Crippen LogP contribution in [0.3, 0.4) is 0 Å². The highest BCUT2D eigenvalue weighted by Crippen LogP contribution is 2.43. The van der Waals surface area contributed by atoms with E-state index in [1.807, 2.05) is 0 Å². The van der Waals surface area contributed by atoms with Gasteiger partial charge in [-0.05, 0) is 138 Å². The van der Waals surface area contributed by atoms with Crippen molar-refractivity contribution in [3.63, 3.8) is 0 Å². The zero-order chi connectivity index (χ0) is 63.1. The molecule has 0 radical (unpaired) electrons. The largest absolute Gasteiger partial charge is 0.463 e. The number of alkyl halides is 6. The highest BCUT2D eigenvalue weighted by molar-refractivity contribution is 8.14. The summed E-state index contributed by atoms with van der Waals surface area (Å²) >= 11 is 2.94. The second-order valence-electron chi connectivity index (χ2n) is 22.3. The third-order valence-electron chi connectivity index (χ3n) is 16.1. The summed E-state index contributed by atoms with van der Waals surface area (Å²) in [4.78, 5) is 45.5. The van der Waals surface area contributed by atoms with Gasteiger partial charge in [-0.2, -0.15) is 36.9 Å². The zero-order valence-corrected chi connectivity index (χ0v) is 52.7. The molecule has 4 aromatic rings. The number of carbonyl (C=O) groups excluding carboxylic acids is 2. The Morgan fingerprint density at radius 1 is 0.511 bits per heavy atom. The number of allylic oxidation sites excluding steroid dienone is 2. The molecule has 472 valence electrons. The summed E-state index contributed by atoms with van der Waals surface area (Å²) in [5.41, 5.74) is 2.52. The van der Waals surface area contributed by atoms with Crippen molar-refractivity contribution in [3.05, 3.63) is 153 Å². The molecule has 2 atom stereocenters. The zero-order valence-electron chi connectivity index (χ0n) is 51.1. The van der Waals surface area contributed by atoms with Crippen LogP contribution in [0.2, 0.25) is 0 Å². The van der Waals surface area contributed by atoms with Crippen LogP contribution in [0, 0.1) is 22.7 Å². The van der Waals surface area contributed by atoms with Gasteiger partial charge in [-0.25, -0.2) is 19.6 Å². The second kappa shape index (κ2) is 34.4. The minimum Gasteiger partial charge on any atom is -0.463 e. The lowest BCUT2D eigenvalue weighted by Crippen LogP contribution is -2.46. The Kier molecular flexibility index (Phi) is 26.9. The SMILES string of the molecule is CCOC(=O)C1=C(C)N(c2cccc(C(F)(F)F)c2)C(SCCCCCCCCCCN2CCN(CCCCCCCCCCSC3=NC(c4ccc(C#N)cc4)C(C(=O)OCC)=C(C)N3c3cccc(C(F)(F)F)c3)CC2)=NC1c1ccc(C#N)cc1. The normalized spacial score (nSPS) is 17.0. The lowest BCUT2D eigenvalue weighted by molar-refractivity contribution is -0.139. The molecule has 88 heavy (non-hydrogen) atoms. The monoisotopic (exact) mass is 1250 g/mol. The van der Waals surface area contributed by atoms with E-state index in [4.69, 9.17) is 19.5 Å². The van der Waals surface area contributed by atoms with E-state index in [-0.39, 0.29) is 35.7 Å². The Bertz CT molecular complexity index is 2940. The van der Waals surface area contributed by atoms with Crippen LogP contribution in [0.5, 0.6) is 0 Å².